The molecule has 1 heterocycles. The van der Waals surface area contributed by atoms with E-state index in [0.29, 0.717) is 5.69 Å². The van der Waals surface area contributed by atoms with E-state index in [0.717, 1.165) is 23.4 Å². The zero-order chi connectivity index (χ0) is 22.5. The van der Waals surface area contributed by atoms with Crippen molar-refractivity contribution in [2.75, 3.05) is 22.6 Å². The van der Waals surface area contributed by atoms with Gasteiger partial charge < -0.3 is 20.6 Å². The Hall–Kier alpha value is -2.74. The van der Waals surface area contributed by atoms with E-state index in [-0.39, 0.29) is 5.69 Å². The number of anilines is 3. The van der Waals surface area contributed by atoms with Crippen LogP contribution in [0.25, 0.3) is 0 Å². The molecule has 1 aliphatic heterocycles. The van der Waals surface area contributed by atoms with Crippen molar-refractivity contribution in [3.63, 3.8) is 0 Å². The Morgan fingerprint density at radius 3 is 2.10 bits per heavy atom. The predicted molar refractivity (Wildman–Crippen MR) is 112 cm³/mol. The second kappa shape index (κ2) is 7.19. The zero-order valence-corrected chi connectivity index (χ0v) is 17.6. The number of carbonyl (C=O) groups is 1. The monoisotopic (exact) mass is 421 g/mol. The van der Waals surface area contributed by atoms with E-state index < -0.39 is 34.8 Å². The number of halogens is 3. The smallest absolute Gasteiger partial charge is 0.390 e. The van der Waals surface area contributed by atoms with Gasteiger partial charge in [-0.05, 0) is 61.9 Å². The molecule has 3 N–H and O–H groups in total. The van der Waals surface area contributed by atoms with Gasteiger partial charge in [-0.2, -0.15) is 13.2 Å². The van der Waals surface area contributed by atoms with Crippen LogP contribution in [0.15, 0.2) is 42.5 Å². The maximum absolute atomic E-state index is 12.7. The van der Waals surface area contributed by atoms with E-state index in [1.807, 2.05) is 51.8 Å². The molecule has 2 aromatic carbocycles. The number of hydrogen-bond donors (Lipinski definition) is 3. The Labute approximate surface area is 173 Å². The molecular weight excluding hydrogens is 395 g/mol. The number of hydrogen-bond acceptors (Lipinski definition) is 3. The quantitative estimate of drug-likeness (QED) is 0.623. The van der Waals surface area contributed by atoms with Crippen molar-refractivity contribution < 1.29 is 23.1 Å². The van der Waals surface area contributed by atoms with Crippen molar-refractivity contribution in [3.8, 4) is 0 Å². The third-order valence-corrected chi connectivity index (χ3v) is 6.00. The molecule has 5 nitrogen and oxygen atoms in total. The van der Waals surface area contributed by atoms with Crippen LogP contribution in [-0.2, 0) is 11.6 Å². The van der Waals surface area contributed by atoms with Crippen molar-refractivity contribution in [2.45, 2.75) is 50.9 Å². The van der Waals surface area contributed by atoms with Gasteiger partial charge in [-0.1, -0.05) is 13.8 Å². The Balaban J connectivity index is 1.79. The van der Waals surface area contributed by atoms with Crippen LogP contribution in [0.4, 0.5) is 35.0 Å². The Kier molecular flexibility index (Phi) is 5.27. The lowest BCUT2D eigenvalue weighted by molar-refractivity contribution is -0.137. The highest BCUT2D eigenvalue weighted by Gasteiger charge is 2.48. The average molecular weight is 421 g/mol. The van der Waals surface area contributed by atoms with Gasteiger partial charge in [0.25, 0.3) is 0 Å². The van der Waals surface area contributed by atoms with E-state index >= 15 is 0 Å². The van der Waals surface area contributed by atoms with Crippen molar-refractivity contribution in [1.29, 1.82) is 0 Å². The number of rotatable bonds is 2. The average Bonchev–Trinajstić information content (AvgIpc) is 2.65. The fourth-order valence-corrected chi connectivity index (χ4v) is 3.98. The SMILES string of the molecule is CN1c2ccc(NC(=O)Nc3ccc(C(F)(F)F)cc3)cc2C(C)(C)C(O)C1(C)C. The van der Waals surface area contributed by atoms with Crippen LogP contribution < -0.4 is 15.5 Å². The predicted octanol–water partition coefficient (Wildman–Crippen LogP) is 5.22. The highest BCUT2D eigenvalue weighted by molar-refractivity contribution is 6.00. The van der Waals surface area contributed by atoms with Crippen LogP contribution >= 0.6 is 0 Å². The molecule has 0 aromatic heterocycles. The maximum Gasteiger partial charge on any atom is 0.416 e. The minimum absolute atomic E-state index is 0.246. The van der Waals surface area contributed by atoms with Crippen LogP contribution in [0, 0.1) is 0 Å². The zero-order valence-electron chi connectivity index (χ0n) is 17.6. The van der Waals surface area contributed by atoms with Gasteiger partial charge in [-0.25, -0.2) is 4.79 Å². The fraction of sp³-hybridized carbons (Fsp3) is 0.409. The highest BCUT2D eigenvalue weighted by atomic mass is 19.4. The number of urea groups is 1. The summed E-state index contributed by atoms with van der Waals surface area (Å²) in [6, 6.07) is 9.11. The van der Waals surface area contributed by atoms with Gasteiger partial charge in [0.1, 0.15) is 0 Å². The third kappa shape index (κ3) is 3.84. The number of fused-ring (bicyclic) bond motifs is 1. The molecule has 162 valence electrons. The lowest BCUT2D eigenvalue weighted by atomic mass is 9.67. The Bertz CT molecular complexity index is 953. The summed E-state index contributed by atoms with van der Waals surface area (Å²) in [7, 11) is 1.92. The highest BCUT2D eigenvalue weighted by Crippen LogP contribution is 2.47. The number of aliphatic hydroxyl groups excluding tert-OH is 1. The second-order valence-electron chi connectivity index (χ2n) is 8.72. The summed E-state index contributed by atoms with van der Waals surface area (Å²) in [6.07, 6.45) is -5.07. The molecule has 0 bridgehead atoms. The summed E-state index contributed by atoms with van der Waals surface area (Å²) >= 11 is 0. The van der Waals surface area contributed by atoms with Gasteiger partial charge in [0, 0.05) is 29.5 Å². The molecule has 0 aliphatic carbocycles. The first-order valence-corrected chi connectivity index (χ1v) is 9.56. The first-order valence-electron chi connectivity index (χ1n) is 9.56. The first kappa shape index (κ1) is 22.0. The van der Waals surface area contributed by atoms with Crippen molar-refractivity contribution in [1.82, 2.24) is 0 Å². The molecule has 0 spiro atoms. The van der Waals surface area contributed by atoms with Gasteiger partial charge >= 0.3 is 12.2 Å². The number of alkyl halides is 3. The molecule has 2 amide bonds. The topological polar surface area (TPSA) is 64.6 Å². The van der Waals surface area contributed by atoms with Crippen molar-refractivity contribution in [3.05, 3.63) is 53.6 Å². The number of aliphatic hydroxyl groups is 1. The fourth-order valence-electron chi connectivity index (χ4n) is 3.98. The van der Waals surface area contributed by atoms with E-state index in [1.54, 1.807) is 6.07 Å². The minimum Gasteiger partial charge on any atom is -0.390 e. The number of nitrogens with one attached hydrogen (secondary N) is 2. The standard InChI is InChI=1S/C22H26F3N3O2/c1-20(2)16-12-15(10-11-17(16)28(5)21(3,4)18(20)29)27-19(30)26-14-8-6-13(7-9-14)22(23,24)25/h6-12,18,29H,1-5H3,(H2,26,27,30). The van der Waals surface area contributed by atoms with E-state index in [9.17, 15) is 23.1 Å². The van der Waals surface area contributed by atoms with E-state index in [2.05, 4.69) is 10.6 Å². The summed E-state index contributed by atoms with van der Waals surface area (Å²) in [5.41, 5.74) is 0.824. The number of likely N-dealkylation sites (N-methyl/N-ethyl adjacent to an activating group) is 1. The lowest BCUT2D eigenvalue weighted by Crippen LogP contribution is -2.61. The van der Waals surface area contributed by atoms with Crippen LogP contribution in [0.3, 0.4) is 0 Å². The second-order valence-corrected chi connectivity index (χ2v) is 8.72. The molecule has 2 aromatic rings. The Morgan fingerprint density at radius 1 is 1.00 bits per heavy atom. The van der Waals surface area contributed by atoms with Crippen LogP contribution in [0.5, 0.6) is 0 Å². The molecule has 0 saturated heterocycles. The lowest BCUT2D eigenvalue weighted by Gasteiger charge is -2.53. The van der Waals surface area contributed by atoms with Crippen molar-refractivity contribution in [2.24, 2.45) is 0 Å². The maximum atomic E-state index is 12.7. The summed E-state index contributed by atoms with van der Waals surface area (Å²) in [6.45, 7) is 7.87. The Morgan fingerprint density at radius 2 is 1.53 bits per heavy atom. The summed E-state index contributed by atoms with van der Waals surface area (Å²) in [4.78, 5) is 14.3. The largest absolute Gasteiger partial charge is 0.416 e. The number of carbonyl (C=O) groups excluding carboxylic acids is 1. The molecule has 1 unspecified atom stereocenters. The first-order chi connectivity index (χ1) is 13.7. The van der Waals surface area contributed by atoms with Crippen LogP contribution in [-0.4, -0.2) is 29.8 Å². The van der Waals surface area contributed by atoms with Crippen molar-refractivity contribution >= 4 is 23.1 Å². The molecule has 0 saturated carbocycles. The molecule has 0 radical (unpaired) electrons. The number of benzene rings is 2. The van der Waals surface area contributed by atoms with Gasteiger partial charge in [0.05, 0.1) is 17.2 Å². The van der Waals surface area contributed by atoms with Gasteiger partial charge in [0.2, 0.25) is 0 Å². The summed E-state index contributed by atoms with van der Waals surface area (Å²) in [5.74, 6) is 0. The summed E-state index contributed by atoms with van der Waals surface area (Å²) < 4.78 is 38.0. The molecule has 3 rings (SSSR count). The van der Waals surface area contributed by atoms with Gasteiger partial charge in [-0.15, -0.1) is 0 Å². The third-order valence-electron chi connectivity index (χ3n) is 6.00. The molecule has 30 heavy (non-hydrogen) atoms. The summed E-state index contributed by atoms with van der Waals surface area (Å²) in [5, 5.41) is 16.1. The number of nitrogens with zero attached hydrogens (tertiary/aromatic N) is 1. The number of amides is 2. The molecule has 0 fully saturated rings. The van der Waals surface area contributed by atoms with Gasteiger partial charge in [0.15, 0.2) is 0 Å². The van der Waals surface area contributed by atoms with E-state index in [4.69, 9.17) is 0 Å². The van der Waals surface area contributed by atoms with E-state index in [1.165, 1.54) is 12.1 Å². The normalized spacial score (nSPS) is 19.8. The molecule has 1 aliphatic rings. The molecule has 1 atom stereocenters. The van der Waals surface area contributed by atoms with Gasteiger partial charge in [-0.3, -0.25) is 0 Å². The van der Waals surface area contributed by atoms with Crippen LogP contribution in [0.1, 0.15) is 38.8 Å². The van der Waals surface area contributed by atoms with Crippen LogP contribution in [0.2, 0.25) is 0 Å². The molecule has 8 heteroatoms. The minimum atomic E-state index is -4.43. The molecular formula is C22H26F3N3O2.